The average Bonchev–Trinajstić information content (AvgIpc) is 2.96. The predicted molar refractivity (Wildman–Crippen MR) is 119 cm³/mol. The number of phenolic OH excluding ortho intramolecular Hbond substituents is 4. The van der Waals surface area contributed by atoms with E-state index >= 15 is 0 Å². The number of hydrogen-bond acceptors (Lipinski definition) is 7. The van der Waals surface area contributed by atoms with Gasteiger partial charge in [-0.3, -0.25) is 4.79 Å². The van der Waals surface area contributed by atoms with Crippen LogP contribution in [-0.2, 0) is 12.8 Å². The first-order chi connectivity index (χ1) is 15.0. The van der Waals surface area contributed by atoms with Crippen molar-refractivity contribution in [1.29, 1.82) is 0 Å². The van der Waals surface area contributed by atoms with Gasteiger partial charge >= 0.3 is 0 Å². The Hall–Kier alpha value is -3.61. The normalized spacial score (nSPS) is 17.6. The Morgan fingerprint density at radius 2 is 1.78 bits per heavy atom. The molecule has 0 amide bonds. The second-order valence-corrected chi connectivity index (χ2v) is 9.32. The maximum Gasteiger partial charge on any atom is 0.200 e. The molecule has 0 radical (unpaired) electrons. The Labute approximate surface area is 183 Å². The fraction of sp³-hybridized carbons (Fsp3) is 0.320. The maximum atomic E-state index is 13.6. The third-order valence-corrected chi connectivity index (χ3v) is 6.50. The standard InChI is InChI=1S/C25H24O7/c1-10(2)5-6-11-14(26)8-16(28)20-21(30)12-7-13-18-19(23(12)31-22(11)20)15(27)9-17(29)24(18)32-25(13,3)4/h5,8-9,13,26-29H,6-7H2,1-4H3. The Bertz CT molecular complexity index is 1400. The Morgan fingerprint density at radius 1 is 1.09 bits per heavy atom. The molecule has 166 valence electrons. The lowest BCUT2D eigenvalue weighted by atomic mass is 9.75. The van der Waals surface area contributed by atoms with Crippen LogP contribution in [0.4, 0.5) is 0 Å². The van der Waals surface area contributed by atoms with E-state index in [4.69, 9.17) is 9.15 Å². The second kappa shape index (κ2) is 6.45. The monoisotopic (exact) mass is 436 g/mol. The van der Waals surface area contributed by atoms with E-state index in [1.54, 1.807) is 0 Å². The van der Waals surface area contributed by atoms with Crippen LogP contribution in [0.2, 0.25) is 0 Å². The lowest BCUT2D eigenvalue weighted by Gasteiger charge is -2.30. The first-order valence-electron chi connectivity index (χ1n) is 10.5. The van der Waals surface area contributed by atoms with E-state index in [1.807, 2.05) is 33.8 Å². The van der Waals surface area contributed by atoms with Gasteiger partial charge in [0.15, 0.2) is 16.9 Å². The van der Waals surface area contributed by atoms with E-state index in [0.29, 0.717) is 28.7 Å². The van der Waals surface area contributed by atoms with Gasteiger partial charge in [0.25, 0.3) is 0 Å². The highest BCUT2D eigenvalue weighted by Gasteiger charge is 2.49. The molecule has 3 aromatic rings. The molecule has 1 unspecified atom stereocenters. The van der Waals surface area contributed by atoms with Crippen LogP contribution in [0, 0.1) is 0 Å². The fourth-order valence-electron chi connectivity index (χ4n) is 4.88. The number of rotatable bonds is 2. The number of hydrogen-bond donors (Lipinski definition) is 4. The number of benzene rings is 2. The van der Waals surface area contributed by atoms with Crippen molar-refractivity contribution < 1.29 is 29.6 Å². The summed E-state index contributed by atoms with van der Waals surface area (Å²) < 4.78 is 12.2. The Morgan fingerprint density at radius 3 is 2.47 bits per heavy atom. The van der Waals surface area contributed by atoms with Crippen molar-refractivity contribution in [2.24, 2.45) is 0 Å². The van der Waals surface area contributed by atoms with E-state index in [2.05, 4.69) is 0 Å². The molecule has 5 rings (SSSR count). The summed E-state index contributed by atoms with van der Waals surface area (Å²) in [5.41, 5.74) is 1.51. The van der Waals surface area contributed by atoms with Crippen molar-refractivity contribution >= 4 is 11.0 Å². The number of ether oxygens (including phenoxy) is 1. The van der Waals surface area contributed by atoms with Crippen LogP contribution in [-0.4, -0.2) is 26.0 Å². The van der Waals surface area contributed by atoms with Crippen LogP contribution in [0.1, 0.15) is 50.3 Å². The average molecular weight is 436 g/mol. The van der Waals surface area contributed by atoms with Gasteiger partial charge in [0.2, 0.25) is 0 Å². The largest absolute Gasteiger partial charge is 0.507 e. The highest BCUT2D eigenvalue weighted by atomic mass is 16.5. The molecule has 1 aromatic heterocycles. The second-order valence-electron chi connectivity index (χ2n) is 9.32. The first-order valence-corrected chi connectivity index (χ1v) is 10.5. The third-order valence-electron chi connectivity index (χ3n) is 6.50. The Kier molecular flexibility index (Phi) is 4.09. The quantitative estimate of drug-likeness (QED) is 0.433. The van der Waals surface area contributed by atoms with Crippen molar-refractivity contribution in [1.82, 2.24) is 0 Å². The molecule has 1 atom stereocenters. The van der Waals surface area contributed by atoms with Crippen LogP contribution in [0.5, 0.6) is 28.7 Å². The minimum atomic E-state index is -0.729. The highest BCUT2D eigenvalue weighted by molar-refractivity contribution is 5.92. The molecule has 0 saturated carbocycles. The molecule has 0 spiro atoms. The van der Waals surface area contributed by atoms with E-state index in [1.165, 1.54) is 6.07 Å². The van der Waals surface area contributed by atoms with Crippen LogP contribution in [0.25, 0.3) is 22.3 Å². The maximum absolute atomic E-state index is 13.6. The van der Waals surface area contributed by atoms with Gasteiger partial charge in [0, 0.05) is 34.7 Å². The van der Waals surface area contributed by atoms with Gasteiger partial charge in [0.05, 0.1) is 5.56 Å². The van der Waals surface area contributed by atoms with Crippen LogP contribution in [0.3, 0.4) is 0 Å². The van der Waals surface area contributed by atoms with E-state index in [9.17, 15) is 25.2 Å². The van der Waals surface area contributed by atoms with E-state index in [-0.39, 0.29) is 57.8 Å². The van der Waals surface area contributed by atoms with Crippen LogP contribution < -0.4 is 10.2 Å². The third kappa shape index (κ3) is 2.63. The number of fused-ring (bicyclic) bond motifs is 3. The zero-order valence-electron chi connectivity index (χ0n) is 18.2. The summed E-state index contributed by atoms with van der Waals surface area (Å²) >= 11 is 0. The lowest BCUT2D eigenvalue weighted by Crippen LogP contribution is -2.34. The van der Waals surface area contributed by atoms with Gasteiger partial charge in [-0.25, -0.2) is 0 Å². The number of aromatic hydroxyl groups is 4. The number of phenols is 4. The summed E-state index contributed by atoms with van der Waals surface area (Å²) in [7, 11) is 0. The van der Waals surface area contributed by atoms with Gasteiger partial charge in [-0.05, 0) is 40.5 Å². The summed E-state index contributed by atoms with van der Waals surface area (Å²) in [6.07, 6.45) is 2.44. The molecule has 1 aliphatic heterocycles. The zero-order valence-corrected chi connectivity index (χ0v) is 18.2. The molecule has 2 aromatic carbocycles. The molecule has 32 heavy (non-hydrogen) atoms. The molecule has 0 fully saturated rings. The molecule has 0 saturated heterocycles. The van der Waals surface area contributed by atoms with Crippen molar-refractivity contribution in [3.63, 3.8) is 0 Å². The van der Waals surface area contributed by atoms with Gasteiger partial charge in [-0.1, -0.05) is 11.6 Å². The van der Waals surface area contributed by atoms with Crippen molar-refractivity contribution in [2.45, 2.75) is 52.1 Å². The molecule has 4 N–H and O–H groups in total. The van der Waals surface area contributed by atoms with Crippen molar-refractivity contribution in [3.05, 3.63) is 50.7 Å². The lowest BCUT2D eigenvalue weighted by molar-refractivity contribution is 0.106. The minimum Gasteiger partial charge on any atom is -0.507 e. The van der Waals surface area contributed by atoms with E-state index < -0.39 is 11.0 Å². The fourth-order valence-corrected chi connectivity index (χ4v) is 4.88. The van der Waals surface area contributed by atoms with Gasteiger partial charge in [-0.2, -0.15) is 0 Å². The Balaban J connectivity index is 1.90. The minimum absolute atomic E-state index is 0.00244. The molecule has 2 heterocycles. The molecular formula is C25H24O7. The summed E-state index contributed by atoms with van der Waals surface area (Å²) in [6.45, 7) is 7.55. The molecule has 7 nitrogen and oxygen atoms in total. The summed E-state index contributed by atoms with van der Waals surface area (Å²) in [4.78, 5) is 13.6. The van der Waals surface area contributed by atoms with Gasteiger partial charge in [0.1, 0.15) is 39.6 Å². The van der Waals surface area contributed by atoms with Crippen LogP contribution >= 0.6 is 0 Å². The molecular weight excluding hydrogens is 412 g/mol. The topological polar surface area (TPSA) is 120 Å². The highest BCUT2D eigenvalue weighted by Crippen LogP contribution is 2.59. The summed E-state index contributed by atoms with van der Waals surface area (Å²) in [5, 5.41) is 42.1. The van der Waals surface area contributed by atoms with Gasteiger partial charge in [-0.15, -0.1) is 0 Å². The van der Waals surface area contributed by atoms with Crippen molar-refractivity contribution in [2.75, 3.05) is 0 Å². The smallest absolute Gasteiger partial charge is 0.200 e. The van der Waals surface area contributed by atoms with Crippen molar-refractivity contribution in [3.8, 4) is 40.1 Å². The molecule has 2 aliphatic rings. The zero-order chi connectivity index (χ0) is 23.1. The molecule has 7 heteroatoms. The summed E-state index contributed by atoms with van der Waals surface area (Å²) in [5.74, 6) is -0.828. The predicted octanol–water partition coefficient (Wildman–Crippen LogP) is 4.60. The van der Waals surface area contributed by atoms with Crippen LogP contribution in [0.15, 0.2) is 33.0 Å². The summed E-state index contributed by atoms with van der Waals surface area (Å²) in [6, 6.07) is 2.34. The SMILES string of the molecule is CC(C)=CCc1c(O)cc(O)c2c(=O)c3c(oc12)-c1c(O)cc(O)c2c1C(C3)C(C)(C)O2. The first kappa shape index (κ1) is 20.3. The molecule has 1 aliphatic carbocycles. The molecule has 0 bridgehead atoms. The number of allylic oxidation sites excluding steroid dienone is 2. The van der Waals surface area contributed by atoms with Gasteiger partial charge < -0.3 is 29.6 Å². The van der Waals surface area contributed by atoms with E-state index in [0.717, 1.165) is 11.6 Å².